The molecule has 1 aliphatic carbocycles. The van der Waals surface area contributed by atoms with Gasteiger partial charge in [-0.3, -0.25) is 4.79 Å². The first kappa shape index (κ1) is 17.3. The smallest absolute Gasteiger partial charge is 0.220 e. The number of amides is 1. The van der Waals surface area contributed by atoms with E-state index in [2.05, 4.69) is 16.3 Å². The van der Waals surface area contributed by atoms with Crippen molar-refractivity contribution < 1.29 is 9.53 Å². The van der Waals surface area contributed by atoms with Crippen molar-refractivity contribution in [1.29, 1.82) is 0 Å². The summed E-state index contributed by atoms with van der Waals surface area (Å²) in [7, 11) is 1.67. The van der Waals surface area contributed by atoms with Gasteiger partial charge in [0.25, 0.3) is 0 Å². The molecule has 0 aromatic heterocycles. The van der Waals surface area contributed by atoms with Crippen LogP contribution in [-0.2, 0) is 11.2 Å². The molecule has 1 aromatic rings. The van der Waals surface area contributed by atoms with Crippen LogP contribution in [0.3, 0.4) is 0 Å². The van der Waals surface area contributed by atoms with E-state index in [1.165, 1.54) is 25.7 Å². The van der Waals surface area contributed by atoms with Crippen LogP contribution < -0.4 is 10.1 Å². The Morgan fingerprint density at radius 2 is 1.96 bits per heavy atom. The highest BCUT2D eigenvalue weighted by Crippen LogP contribution is 2.26. The summed E-state index contributed by atoms with van der Waals surface area (Å²) in [6, 6.07) is 9.14. The summed E-state index contributed by atoms with van der Waals surface area (Å²) in [6.45, 7) is 2.29. The molecule has 1 N–H and O–H groups in total. The van der Waals surface area contributed by atoms with E-state index < -0.39 is 0 Å². The van der Waals surface area contributed by atoms with Gasteiger partial charge in [-0.2, -0.15) is 0 Å². The van der Waals surface area contributed by atoms with Crippen molar-refractivity contribution in [2.45, 2.75) is 63.5 Å². The number of ether oxygens (including phenoxy) is 1. The van der Waals surface area contributed by atoms with Gasteiger partial charge in [-0.25, -0.2) is 0 Å². The van der Waals surface area contributed by atoms with E-state index >= 15 is 0 Å². The Morgan fingerprint density at radius 1 is 1.21 bits per heavy atom. The number of carbonyl (C=O) groups is 1. The number of piperidine rings is 1. The fraction of sp³-hybridized carbons (Fsp3) is 0.650. The number of rotatable bonds is 6. The van der Waals surface area contributed by atoms with Crippen LogP contribution in [0.25, 0.3) is 0 Å². The molecule has 0 bridgehead atoms. The maximum absolute atomic E-state index is 12.2. The second-order valence-corrected chi connectivity index (χ2v) is 7.17. The predicted molar refractivity (Wildman–Crippen MR) is 96.3 cm³/mol. The van der Waals surface area contributed by atoms with Gasteiger partial charge < -0.3 is 15.0 Å². The summed E-state index contributed by atoms with van der Waals surface area (Å²) in [4.78, 5) is 14.9. The Balaban J connectivity index is 1.37. The average Bonchev–Trinajstić information content (AvgIpc) is 3.15. The maximum Gasteiger partial charge on any atom is 0.220 e. The number of nitrogens with zero attached hydrogens (tertiary/aromatic N) is 1. The lowest BCUT2D eigenvalue weighted by Gasteiger charge is -2.36. The molecule has 1 heterocycles. The number of aryl methyl sites for hydroxylation is 1. The Kier molecular flexibility index (Phi) is 6.13. The largest absolute Gasteiger partial charge is 0.497 e. The van der Waals surface area contributed by atoms with E-state index in [1.807, 2.05) is 18.2 Å². The lowest BCUT2D eigenvalue weighted by molar-refractivity contribution is -0.122. The molecule has 2 fully saturated rings. The van der Waals surface area contributed by atoms with Gasteiger partial charge in [-0.05, 0) is 49.8 Å². The second-order valence-electron chi connectivity index (χ2n) is 7.17. The molecule has 24 heavy (non-hydrogen) atoms. The van der Waals surface area contributed by atoms with Crippen LogP contribution in [-0.4, -0.2) is 43.1 Å². The summed E-state index contributed by atoms with van der Waals surface area (Å²) in [6.07, 6.45) is 9.05. The molecule has 0 spiro atoms. The van der Waals surface area contributed by atoms with Crippen LogP contribution in [0.5, 0.6) is 5.75 Å². The number of carbonyl (C=O) groups excluding carboxylic acids is 1. The highest BCUT2D eigenvalue weighted by molar-refractivity contribution is 5.76. The van der Waals surface area contributed by atoms with Crippen LogP contribution in [0.2, 0.25) is 0 Å². The molecule has 4 nitrogen and oxygen atoms in total. The molecule has 2 aliphatic rings. The normalized spacial score (nSPS) is 20.2. The topological polar surface area (TPSA) is 41.6 Å². The number of benzene rings is 1. The number of methoxy groups -OCH3 is 1. The predicted octanol–water partition coefficient (Wildman–Crippen LogP) is 3.15. The minimum absolute atomic E-state index is 0.178. The molecule has 1 saturated heterocycles. The van der Waals surface area contributed by atoms with Crippen molar-refractivity contribution in [1.82, 2.24) is 10.2 Å². The monoisotopic (exact) mass is 330 g/mol. The fourth-order valence-corrected chi connectivity index (χ4v) is 4.06. The molecule has 4 heteroatoms. The second kappa shape index (κ2) is 8.52. The van der Waals surface area contributed by atoms with E-state index in [0.717, 1.165) is 49.7 Å². The van der Waals surface area contributed by atoms with Crippen molar-refractivity contribution in [3.63, 3.8) is 0 Å². The van der Waals surface area contributed by atoms with Crippen LogP contribution in [0, 0.1) is 0 Å². The van der Waals surface area contributed by atoms with Gasteiger partial charge in [-0.1, -0.05) is 25.0 Å². The van der Waals surface area contributed by atoms with Gasteiger partial charge in [0.15, 0.2) is 0 Å². The summed E-state index contributed by atoms with van der Waals surface area (Å²) < 4.78 is 5.23. The Bertz CT molecular complexity index is 532. The van der Waals surface area contributed by atoms with Crippen LogP contribution >= 0.6 is 0 Å². The van der Waals surface area contributed by atoms with Crippen molar-refractivity contribution in [3.8, 4) is 5.75 Å². The van der Waals surface area contributed by atoms with Crippen molar-refractivity contribution in [2.75, 3.05) is 20.2 Å². The summed E-state index contributed by atoms with van der Waals surface area (Å²) in [5.41, 5.74) is 1.15. The van der Waals surface area contributed by atoms with Crippen molar-refractivity contribution >= 4 is 5.91 Å². The SMILES string of the molecule is COc1cccc(CCC(=O)NC2CCN(C3CCCC3)CC2)c1. The van der Waals surface area contributed by atoms with Gasteiger partial charge >= 0.3 is 0 Å². The van der Waals surface area contributed by atoms with Crippen molar-refractivity contribution in [2.24, 2.45) is 0 Å². The summed E-state index contributed by atoms with van der Waals surface area (Å²) in [5, 5.41) is 3.23. The molecule has 3 rings (SSSR count). The quantitative estimate of drug-likeness (QED) is 0.871. The molecule has 132 valence electrons. The minimum atomic E-state index is 0.178. The standard InChI is InChI=1S/C20H30N2O2/c1-24-19-8-4-5-16(15-19)9-10-20(23)21-17-11-13-22(14-12-17)18-6-2-3-7-18/h4-5,8,15,17-18H,2-3,6-7,9-14H2,1H3,(H,21,23). The van der Waals surface area contributed by atoms with Crippen LogP contribution in [0.1, 0.15) is 50.5 Å². The molecule has 0 radical (unpaired) electrons. The highest BCUT2D eigenvalue weighted by atomic mass is 16.5. The number of nitrogens with one attached hydrogen (secondary N) is 1. The average molecular weight is 330 g/mol. The van der Waals surface area contributed by atoms with E-state index in [1.54, 1.807) is 7.11 Å². The molecule has 0 atom stereocenters. The molecular formula is C20H30N2O2. The third kappa shape index (κ3) is 4.73. The molecular weight excluding hydrogens is 300 g/mol. The highest BCUT2D eigenvalue weighted by Gasteiger charge is 2.27. The minimum Gasteiger partial charge on any atom is -0.497 e. The maximum atomic E-state index is 12.2. The zero-order valence-corrected chi connectivity index (χ0v) is 14.8. The van der Waals surface area contributed by atoms with E-state index in [4.69, 9.17) is 4.74 Å². The van der Waals surface area contributed by atoms with Crippen LogP contribution in [0.4, 0.5) is 0 Å². The third-order valence-corrected chi connectivity index (χ3v) is 5.51. The van der Waals surface area contributed by atoms with Gasteiger partial charge in [0.1, 0.15) is 5.75 Å². The third-order valence-electron chi connectivity index (χ3n) is 5.51. The first-order valence-electron chi connectivity index (χ1n) is 9.41. The van der Waals surface area contributed by atoms with E-state index in [9.17, 15) is 4.79 Å². The molecule has 1 aliphatic heterocycles. The Labute approximate surface area is 145 Å². The van der Waals surface area contributed by atoms with Crippen LogP contribution in [0.15, 0.2) is 24.3 Å². The first-order valence-corrected chi connectivity index (χ1v) is 9.41. The zero-order valence-electron chi connectivity index (χ0n) is 14.8. The summed E-state index contributed by atoms with van der Waals surface area (Å²) >= 11 is 0. The van der Waals surface area contributed by atoms with Gasteiger partial charge in [0.2, 0.25) is 5.91 Å². The van der Waals surface area contributed by atoms with Gasteiger partial charge in [0.05, 0.1) is 7.11 Å². The Hall–Kier alpha value is -1.55. The molecule has 0 unspecified atom stereocenters. The number of hydrogen-bond donors (Lipinski definition) is 1. The summed E-state index contributed by atoms with van der Waals surface area (Å²) in [5.74, 6) is 1.03. The van der Waals surface area contributed by atoms with E-state index in [0.29, 0.717) is 12.5 Å². The molecule has 1 saturated carbocycles. The van der Waals surface area contributed by atoms with E-state index in [-0.39, 0.29) is 5.91 Å². The molecule has 1 aromatic carbocycles. The number of hydrogen-bond acceptors (Lipinski definition) is 3. The fourth-order valence-electron chi connectivity index (χ4n) is 4.06. The Morgan fingerprint density at radius 3 is 2.67 bits per heavy atom. The van der Waals surface area contributed by atoms with Gasteiger partial charge in [-0.15, -0.1) is 0 Å². The molecule has 1 amide bonds. The first-order chi connectivity index (χ1) is 11.7. The van der Waals surface area contributed by atoms with Crippen molar-refractivity contribution in [3.05, 3.63) is 29.8 Å². The van der Waals surface area contributed by atoms with Gasteiger partial charge in [0, 0.05) is 31.6 Å². The lowest BCUT2D eigenvalue weighted by atomic mass is 10.0. The zero-order chi connectivity index (χ0) is 16.8. The lowest BCUT2D eigenvalue weighted by Crippen LogP contribution is -2.47. The number of likely N-dealkylation sites (tertiary alicyclic amines) is 1.